The van der Waals surface area contributed by atoms with Crippen molar-refractivity contribution in [1.29, 1.82) is 5.26 Å². The molecule has 0 radical (unpaired) electrons. The second kappa shape index (κ2) is 9.62. The maximum Gasteiger partial charge on any atom is 0.267 e. The molecule has 1 amide bonds. The van der Waals surface area contributed by atoms with Crippen molar-refractivity contribution >= 4 is 23.2 Å². The zero-order valence-corrected chi connectivity index (χ0v) is 15.2. The number of aliphatic hydroxyl groups is 1. The molecule has 0 heterocycles. The minimum absolute atomic E-state index is 0.0474. The second-order valence-corrected chi connectivity index (χ2v) is 6.11. The van der Waals surface area contributed by atoms with E-state index in [2.05, 4.69) is 5.32 Å². The van der Waals surface area contributed by atoms with E-state index in [0.717, 1.165) is 11.1 Å². The van der Waals surface area contributed by atoms with Crippen molar-refractivity contribution in [3.63, 3.8) is 0 Å². The monoisotopic (exact) mass is 369 g/mol. The van der Waals surface area contributed by atoms with E-state index < -0.39 is 5.91 Å². The number of aliphatic hydroxyl groups excluding tert-OH is 1. The largest absolute Gasteiger partial charge is 0.395 e. The number of nitriles is 1. The summed E-state index contributed by atoms with van der Waals surface area (Å²) in [6.45, 7) is 2.50. The van der Waals surface area contributed by atoms with E-state index in [9.17, 15) is 15.2 Å². The molecule has 0 bridgehead atoms. The first kappa shape index (κ1) is 19.5. The number of hydrogen-bond acceptors (Lipinski definition) is 4. The number of carbonyl (C=O) groups excluding carboxylic acids is 1. The Morgan fingerprint density at radius 1 is 1.27 bits per heavy atom. The molecule has 2 rings (SSSR count). The van der Waals surface area contributed by atoms with E-state index in [4.69, 9.17) is 11.6 Å². The molecule has 0 saturated heterocycles. The van der Waals surface area contributed by atoms with Gasteiger partial charge in [0.15, 0.2) is 0 Å². The molecule has 134 valence electrons. The minimum atomic E-state index is -0.520. The van der Waals surface area contributed by atoms with E-state index in [0.29, 0.717) is 23.8 Å². The highest BCUT2D eigenvalue weighted by atomic mass is 35.5. The third-order valence-corrected chi connectivity index (χ3v) is 4.22. The maximum atomic E-state index is 12.5. The molecule has 26 heavy (non-hydrogen) atoms. The Balaban J connectivity index is 2.18. The summed E-state index contributed by atoms with van der Waals surface area (Å²) in [6.07, 6.45) is 1.47. The molecule has 0 unspecified atom stereocenters. The van der Waals surface area contributed by atoms with Gasteiger partial charge in [0, 0.05) is 30.0 Å². The molecule has 0 aliphatic carbocycles. The highest BCUT2D eigenvalue weighted by Crippen LogP contribution is 2.23. The predicted molar refractivity (Wildman–Crippen MR) is 102 cm³/mol. The molecule has 0 atom stereocenters. The van der Waals surface area contributed by atoms with E-state index in [1.165, 1.54) is 6.20 Å². The number of benzene rings is 2. The van der Waals surface area contributed by atoms with Crippen LogP contribution in [0, 0.1) is 18.3 Å². The first-order valence-corrected chi connectivity index (χ1v) is 8.50. The van der Waals surface area contributed by atoms with Crippen LogP contribution in [0.3, 0.4) is 0 Å². The van der Waals surface area contributed by atoms with Gasteiger partial charge in [-0.1, -0.05) is 48.0 Å². The van der Waals surface area contributed by atoms with Crippen LogP contribution in [0.1, 0.15) is 11.1 Å². The SMILES string of the molecule is Cc1c(Cl)cccc1NC(=O)/C(C#N)=C\N(CCO)Cc1ccccc1. The Morgan fingerprint density at radius 3 is 2.65 bits per heavy atom. The van der Waals surface area contributed by atoms with Crippen LogP contribution in [0.2, 0.25) is 5.02 Å². The molecule has 2 N–H and O–H groups in total. The Morgan fingerprint density at radius 2 is 2.00 bits per heavy atom. The summed E-state index contributed by atoms with van der Waals surface area (Å²) in [5, 5.41) is 21.9. The lowest BCUT2D eigenvalue weighted by molar-refractivity contribution is -0.112. The van der Waals surface area contributed by atoms with Gasteiger partial charge in [-0.15, -0.1) is 0 Å². The zero-order valence-electron chi connectivity index (χ0n) is 14.4. The van der Waals surface area contributed by atoms with E-state index in [-0.39, 0.29) is 12.2 Å². The van der Waals surface area contributed by atoms with Crippen molar-refractivity contribution in [1.82, 2.24) is 4.90 Å². The molecule has 0 saturated carbocycles. The molecule has 0 aliphatic rings. The molecular formula is C20H20ClN3O2. The number of carbonyl (C=O) groups is 1. The number of hydrogen-bond donors (Lipinski definition) is 2. The molecule has 0 aromatic heterocycles. The van der Waals surface area contributed by atoms with Crippen LogP contribution in [-0.4, -0.2) is 29.1 Å². The first-order valence-electron chi connectivity index (χ1n) is 8.12. The fourth-order valence-corrected chi connectivity index (χ4v) is 2.56. The van der Waals surface area contributed by atoms with Gasteiger partial charge in [0.05, 0.1) is 6.61 Å². The topological polar surface area (TPSA) is 76.4 Å². The molecule has 0 spiro atoms. The maximum absolute atomic E-state index is 12.5. The third kappa shape index (κ3) is 5.35. The highest BCUT2D eigenvalue weighted by Gasteiger charge is 2.13. The van der Waals surface area contributed by atoms with Gasteiger partial charge in [0.1, 0.15) is 11.6 Å². The van der Waals surface area contributed by atoms with Crippen LogP contribution in [0.25, 0.3) is 0 Å². The lowest BCUT2D eigenvalue weighted by atomic mass is 10.2. The number of halogens is 1. The number of nitrogens with zero attached hydrogens (tertiary/aromatic N) is 2. The summed E-state index contributed by atoms with van der Waals surface area (Å²) >= 11 is 6.06. The zero-order chi connectivity index (χ0) is 18.9. The van der Waals surface area contributed by atoms with Crippen molar-refractivity contribution in [3.8, 4) is 6.07 Å². The lowest BCUT2D eigenvalue weighted by Crippen LogP contribution is -2.24. The molecule has 6 heteroatoms. The molecule has 5 nitrogen and oxygen atoms in total. The van der Waals surface area contributed by atoms with E-state index >= 15 is 0 Å². The van der Waals surface area contributed by atoms with Gasteiger partial charge >= 0.3 is 0 Å². The van der Waals surface area contributed by atoms with Crippen LogP contribution in [-0.2, 0) is 11.3 Å². The molecular weight excluding hydrogens is 350 g/mol. The van der Waals surface area contributed by atoms with Gasteiger partial charge in [-0.2, -0.15) is 5.26 Å². The summed E-state index contributed by atoms with van der Waals surface area (Å²) in [5.74, 6) is -0.520. The smallest absolute Gasteiger partial charge is 0.267 e. The van der Waals surface area contributed by atoms with Crippen molar-refractivity contribution in [2.24, 2.45) is 0 Å². The number of rotatable bonds is 7. The Hall–Kier alpha value is -2.81. The fourth-order valence-electron chi connectivity index (χ4n) is 2.39. The van der Waals surface area contributed by atoms with Crippen molar-refractivity contribution in [3.05, 3.63) is 76.5 Å². The highest BCUT2D eigenvalue weighted by molar-refractivity contribution is 6.31. The summed E-state index contributed by atoms with van der Waals surface area (Å²) < 4.78 is 0. The van der Waals surface area contributed by atoms with Gasteiger partial charge in [0.2, 0.25) is 0 Å². The van der Waals surface area contributed by atoms with Crippen LogP contribution in [0.4, 0.5) is 5.69 Å². The van der Waals surface area contributed by atoms with Gasteiger partial charge in [-0.05, 0) is 30.2 Å². The average Bonchev–Trinajstić information content (AvgIpc) is 2.64. The normalized spacial score (nSPS) is 10.9. The Labute approximate surface area is 158 Å². The molecule has 0 aliphatic heterocycles. The quantitative estimate of drug-likeness (QED) is 0.578. The second-order valence-electron chi connectivity index (χ2n) is 5.70. The van der Waals surface area contributed by atoms with Crippen LogP contribution < -0.4 is 5.32 Å². The third-order valence-electron chi connectivity index (χ3n) is 3.81. The van der Waals surface area contributed by atoms with E-state index in [1.54, 1.807) is 30.0 Å². The van der Waals surface area contributed by atoms with Crippen LogP contribution in [0.5, 0.6) is 0 Å². The first-order chi connectivity index (χ1) is 12.5. The predicted octanol–water partition coefficient (Wildman–Crippen LogP) is 3.49. The van der Waals surface area contributed by atoms with Gasteiger partial charge in [0.25, 0.3) is 5.91 Å². The molecule has 2 aromatic rings. The van der Waals surface area contributed by atoms with Crippen LogP contribution >= 0.6 is 11.6 Å². The minimum Gasteiger partial charge on any atom is -0.395 e. The molecule has 0 fully saturated rings. The Kier molecular flexibility index (Phi) is 7.22. The molecule has 2 aromatic carbocycles. The summed E-state index contributed by atoms with van der Waals surface area (Å²) in [5.41, 5.74) is 2.26. The standard InChI is InChI=1S/C20H20ClN3O2/c1-15-18(21)8-5-9-19(15)23-20(26)17(12-22)14-24(10-11-25)13-16-6-3-2-4-7-16/h2-9,14,25H,10-11,13H2,1H3,(H,23,26)/b17-14-. The fraction of sp³-hybridized carbons (Fsp3) is 0.200. The van der Waals surface area contributed by atoms with Crippen molar-refractivity contribution < 1.29 is 9.90 Å². The van der Waals surface area contributed by atoms with E-state index in [1.807, 2.05) is 36.4 Å². The number of amides is 1. The number of anilines is 1. The number of nitrogens with one attached hydrogen (secondary N) is 1. The van der Waals surface area contributed by atoms with Gasteiger partial charge in [-0.3, -0.25) is 4.79 Å². The summed E-state index contributed by atoms with van der Waals surface area (Å²) in [7, 11) is 0. The Bertz CT molecular complexity index is 829. The summed E-state index contributed by atoms with van der Waals surface area (Å²) in [4.78, 5) is 14.2. The average molecular weight is 370 g/mol. The van der Waals surface area contributed by atoms with Gasteiger partial charge in [-0.25, -0.2) is 0 Å². The van der Waals surface area contributed by atoms with Gasteiger partial charge < -0.3 is 15.3 Å². The summed E-state index contributed by atoms with van der Waals surface area (Å²) in [6, 6.07) is 16.7. The van der Waals surface area contributed by atoms with Crippen LogP contribution in [0.15, 0.2) is 60.3 Å². The van der Waals surface area contributed by atoms with Crippen molar-refractivity contribution in [2.75, 3.05) is 18.5 Å². The van der Waals surface area contributed by atoms with Crippen molar-refractivity contribution in [2.45, 2.75) is 13.5 Å². The lowest BCUT2D eigenvalue weighted by Gasteiger charge is -2.20.